The Labute approximate surface area is 245 Å². The number of halogens is 3. The van der Waals surface area contributed by atoms with Crippen LogP contribution in [0.25, 0.3) is 11.0 Å². The third-order valence-electron chi connectivity index (χ3n) is 5.53. The Hall–Kier alpha value is -3.47. The Kier molecular flexibility index (Phi) is 10.8. The highest BCUT2D eigenvalue weighted by Crippen LogP contribution is 2.45. The van der Waals surface area contributed by atoms with Crippen LogP contribution in [-0.4, -0.2) is 51.0 Å². The van der Waals surface area contributed by atoms with Crippen LogP contribution >= 0.6 is 19.3 Å². The van der Waals surface area contributed by atoms with Crippen LogP contribution in [0.3, 0.4) is 0 Å². The Balaban J connectivity index is 1.90. The molecule has 5 atom stereocenters. The number of H-pyrrole nitrogens is 1. The molecule has 0 aliphatic heterocycles. The highest BCUT2D eigenvalue weighted by atomic mass is 35.5. The van der Waals surface area contributed by atoms with Gasteiger partial charge in [0.1, 0.15) is 17.2 Å². The van der Waals surface area contributed by atoms with Gasteiger partial charge in [0.15, 0.2) is 17.7 Å². The van der Waals surface area contributed by atoms with Gasteiger partial charge < -0.3 is 19.7 Å². The Morgan fingerprint density at radius 3 is 2.57 bits per heavy atom. The number of nitrogens with two attached hydrogens (primary N) is 1. The maximum absolute atomic E-state index is 15.8. The first-order valence-electron chi connectivity index (χ1n) is 12.7. The van der Waals surface area contributed by atoms with E-state index in [4.69, 9.17) is 35.9 Å². The van der Waals surface area contributed by atoms with E-state index in [1.807, 2.05) is 5.38 Å². The van der Waals surface area contributed by atoms with Gasteiger partial charge in [0.05, 0.1) is 18.8 Å². The van der Waals surface area contributed by atoms with Crippen molar-refractivity contribution < 1.29 is 36.7 Å². The summed E-state index contributed by atoms with van der Waals surface area (Å²) in [4.78, 5) is 30.8. The molecule has 12 nitrogen and oxygen atoms in total. The molecule has 0 aliphatic carbocycles. The third kappa shape index (κ3) is 8.30. The molecule has 0 bridgehead atoms. The fourth-order valence-corrected chi connectivity index (χ4v) is 5.46. The van der Waals surface area contributed by atoms with Gasteiger partial charge in [-0.3, -0.25) is 23.7 Å². The summed E-state index contributed by atoms with van der Waals surface area (Å²) in [7, 11) is -4.28. The number of para-hydroxylation sites is 1. The van der Waals surface area contributed by atoms with Gasteiger partial charge >= 0.3 is 13.7 Å². The number of fused-ring (bicyclic) bond motifs is 1. The fraction of sp³-hybridized carbons (Fsp3) is 0.423. The minimum absolute atomic E-state index is 0.168. The second kappa shape index (κ2) is 13.7. The van der Waals surface area contributed by atoms with Crippen LogP contribution in [0.5, 0.6) is 5.75 Å². The summed E-state index contributed by atoms with van der Waals surface area (Å²) in [6, 6.07) is 6.93. The smallest absolute Gasteiger partial charge is 0.459 e. The Morgan fingerprint density at radius 2 is 1.95 bits per heavy atom. The zero-order chi connectivity index (χ0) is 31.2. The quantitative estimate of drug-likeness (QED) is 0.140. The van der Waals surface area contributed by atoms with E-state index >= 15 is 4.39 Å². The van der Waals surface area contributed by atoms with Gasteiger partial charge in [-0.1, -0.05) is 18.2 Å². The summed E-state index contributed by atoms with van der Waals surface area (Å²) in [5.74, 6) is 0.243. The number of alkyl halides is 1. The fourth-order valence-electron chi connectivity index (χ4n) is 3.71. The molecule has 3 aromatic rings. The van der Waals surface area contributed by atoms with Gasteiger partial charge in [0.2, 0.25) is 11.6 Å². The van der Waals surface area contributed by atoms with E-state index in [-0.39, 0.29) is 17.3 Å². The minimum Gasteiger partial charge on any atom is -0.462 e. The lowest BCUT2D eigenvalue weighted by Gasteiger charge is -2.31. The van der Waals surface area contributed by atoms with E-state index in [1.54, 1.807) is 32.0 Å². The highest BCUT2D eigenvalue weighted by Gasteiger charge is 2.40. The number of benzene rings is 1. The van der Waals surface area contributed by atoms with Crippen LogP contribution in [0.15, 0.2) is 41.3 Å². The molecule has 0 saturated heterocycles. The molecule has 2 heterocycles. The lowest BCUT2D eigenvalue weighted by molar-refractivity contribution is -0.149. The van der Waals surface area contributed by atoms with Gasteiger partial charge in [-0.25, -0.2) is 13.3 Å². The number of carbonyl (C=O) groups is 1. The summed E-state index contributed by atoms with van der Waals surface area (Å²) in [5, 5.41) is 3.98. The average molecular weight is 630 g/mol. The Morgan fingerprint density at radius 1 is 1.29 bits per heavy atom. The molecule has 0 spiro atoms. The first kappa shape index (κ1) is 33.0. The topological polar surface area (TPSA) is 160 Å². The first-order valence-corrected chi connectivity index (χ1v) is 14.6. The van der Waals surface area contributed by atoms with Crippen LogP contribution in [0.1, 0.15) is 40.8 Å². The molecule has 3 rings (SSSR count). The van der Waals surface area contributed by atoms with Crippen LogP contribution in [0, 0.1) is 17.1 Å². The van der Waals surface area contributed by atoms with Crippen LogP contribution < -0.4 is 20.9 Å². The number of nitrogen functional groups attached to an aromatic ring is 1. The van der Waals surface area contributed by atoms with E-state index in [2.05, 4.69) is 21.0 Å². The van der Waals surface area contributed by atoms with E-state index in [0.717, 1.165) is 17.7 Å². The maximum Gasteiger partial charge on any atom is 0.459 e. The molecule has 2 aromatic heterocycles. The van der Waals surface area contributed by atoms with E-state index in [9.17, 15) is 18.5 Å². The summed E-state index contributed by atoms with van der Waals surface area (Å²) < 4.78 is 67.4. The zero-order valence-corrected chi connectivity index (χ0v) is 25.0. The van der Waals surface area contributed by atoms with E-state index in [1.165, 1.54) is 26.0 Å². The number of nitrogens with one attached hydrogen (secondary N) is 2. The van der Waals surface area contributed by atoms with Crippen molar-refractivity contribution >= 4 is 42.3 Å². The van der Waals surface area contributed by atoms with E-state index < -0.39 is 67.2 Å². The average Bonchev–Trinajstić information content (AvgIpc) is 3.21. The van der Waals surface area contributed by atoms with E-state index in [0.29, 0.717) is 0 Å². The number of aromatic nitrogens is 3. The van der Waals surface area contributed by atoms with Crippen molar-refractivity contribution in [2.75, 3.05) is 12.3 Å². The van der Waals surface area contributed by atoms with Gasteiger partial charge in [-0.15, -0.1) is 0 Å². The molecule has 0 amide bonds. The lowest BCUT2D eigenvalue weighted by Crippen LogP contribution is -2.38. The van der Waals surface area contributed by atoms with Crippen molar-refractivity contribution in [1.82, 2.24) is 19.6 Å². The number of nitrogens with zero attached hydrogens (tertiary/aromatic N) is 2. The molecular weight excluding hydrogens is 599 g/mol. The van der Waals surface area contributed by atoms with Crippen molar-refractivity contribution in [3.05, 3.63) is 52.7 Å². The predicted molar refractivity (Wildman–Crippen MR) is 152 cm³/mol. The second-order valence-corrected chi connectivity index (χ2v) is 11.5. The molecule has 16 heteroatoms. The van der Waals surface area contributed by atoms with Crippen molar-refractivity contribution in [1.29, 1.82) is 0 Å². The Bertz CT molecular complexity index is 1570. The lowest BCUT2D eigenvalue weighted by atomic mass is 10.1. The highest BCUT2D eigenvalue weighted by molar-refractivity contribution is 7.52. The van der Waals surface area contributed by atoms with Gasteiger partial charge in [-0.05, 0) is 64.3 Å². The molecule has 0 fully saturated rings. The molecule has 2 unspecified atom stereocenters. The monoisotopic (exact) mass is 629 g/mol. The minimum atomic E-state index is -4.28. The van der Waals surface area contributed by atoms with Crippen LogP contribution in [0.4, 0.5) is 14.7 Å². The number of carbonyl (C=O) groups excluding carboxylic acids is 1. The normalized spacial score (nSPS) is 16.5. The molecule has 0 aliphatic rings. The molecule has 4 N–H and O–H groups in total. The van der Waals surface area contributed by atoms with Crippen molar-refractivity contribution in [3.8, 4) is 17.0 Å². The first-order chi connectivity index (χ1) is 19.7. The molecular formula is C26H31ClF2N5O7P. The molecule has 0 radical (unpaired) electrons. The molecule has 42 heavy (non-hydrogen) atoms. The van der Waals surface area contributed by atoms with Crippen molar-refractivity contribution in [2.24, 2.45) is 0 Å². The number of ether oxygens (including phenoxy) is 2. The largest absolute Gasteiger partial charge is 0.462 e. The van der Waals surface area contributed by atoms with Gasteiger partial charge in [0, 0.05) is 11.6 Å². The third-order valence-corrected chi connectivity index (χ3v) is 7.27. The molecule has 228 valence electrons. The van der Waals surface area contributed by atoms with Gasteiger partial charge in [0.25, 0.3) is 5.56 Å². The summed E-state index contributed by atoms with van der Waals surface area (Å²) in [5.41, 5.74) is 1.86. The van der Waals surface area contributed by atoms with Crippen molar-refractivity contribution in [3.63, 3.8) is 0 Å². The number of hydrogen-bond acceptors (Lipinski definition) is 9. The zero-order valence-electron chi connectivity index (χ0n) is 23.4. The SMILES string of the molecule is CC(C)OC(=O)[C@H](C)NP(=O)(OC[C@H](C)O[C@@H](n1cc(F)c2c(=O)[nH]c(N)nc21)C(C)(F)C#CCl)Oc1ccccc1. The number of hydrogen-bond donors (Lipinski definition) is 3. The summed E-state index contributed by atoms with van der Waals surface area (Å²) >= 11 is 5.48. The maximum atomic E-state index is 15.8. The number of anilines is 1. The standard InChI is InChI=1S/C26H31ClF2N5O7P/c1-15(2)39-23(36)17(4)33-42(37,41-18-9-7-6-8-10-18)38-14-16(3)40-24(26(5,29)11-12-27)34-13-19(28)20-21(34)31-25(30)32-22(20)35/h6-10,13,15-17,24H,14H2,1-5H3,(H,33,37)(H3,30,31,32,35)/t16-,17-,24+,26?,42?/m0/s1. The summed E-state index contributed by atoms with van der Waals surface area (Å²) in [6.45, 7) is 6.71. The molecule has 0 saturated carbocycles. The van der Waals surface area contributed by atoms with Crippen LogP contribution in [0.2, 0.25) is 0 Å². The number of esters is 1. The second-order valence-electron chi connectivity index (χ2n) is 9.66. The van der Waals surface area contributed by atoms with Crippen molar-refractivity contribution in [2.45, 2.75) is 64.8 Å². The molecule has 1 aromatic carbocycles. The van der Waals surface area contributed by atoms with Gasteiger partial charge in [-0.2, -0.15) is 10.1 Å². The summed E-state index contributed by atoms with van der Waals surface area (Å²) in [6.07, 6.45) is -2.44. The number of rotatable bonds is 13. The van der Waals surface area contributed by atoms with Crippen LogP contribution in [-0.2, 0) is 23.4 Å². The predicted octanol–water partition coefficient (Wildman–Crippen LogP) is 4.41. The number of aromatic amines is 1.